The van der Waals surface area contributed by atoms with E-state index in [1.54, 1.807) is 4.90 Å². The molecule has 5 rings (SSSR count). The molecule has 5 nitrogen and oxygen atoms in total. The number of ether oxygens (including phenoxy) is 1. The fraction of sp³-hybridized carbons (Fsp3) is 0.788. The van der Waals surface area contributed by atoms with Crippen molar-refractivity contribution >= 4 is 11.6 Å². The molecule has 0 spiro atoms. The summed E-state index contributed by atoms with van der Waals surface area (Å²) in [5, 5.41) is 22.0. The summed E-state index contributed by atoms with van der Waals surface area (Å²) in [6.07, 6.45) is 9.16. The lowest BCUT2D eigenvalue weighted by Gasteiger charge is -2.64. The first-order chi connectivity index (χ1) is 18.1. The van der Waals surface area contributed by atoms with E-state index in [2.05, 4.69) is 20.8 Å². The van der Waals surface area contributed by atoms with Gasteiger partial charge in [0.05, 0.1) is 18.3 Å². The fourth-order valence-electron chi connectivity index (χ4n) is 10.3. The van der Waals surface area contributed by atoms with Gasteiger partial charge in [0.1, 0.15) is 0 Å². The number of hydrogen-bond donors (Lipinski definition) is 2. The maximum Gasteiger partial charge on any atom is 0.226 e. The van der Waals surface area contributed by atoms with E-state index in [0.717, 1.165) is 63.5 Å². The first-order valence-electron chi connectivity index (χ1n) is 15.4. The predicted molar refractivity (Wildman–Crippen MR) is 152 cm³/mol. The minimum absolute atomic E-state index is 0.0172. The van der Waals surface area contributed by atoms with Crippen LogP contribution in [0.5, 0.6) is 0 Å². The number of amides is 1. The van der Waals surface area contributed by atoms with Crippen LogP contribution in [0.25, 0.3) is 0 Å². The highest BCUT2D eigenvalue weighted by molar-refractivity contribution is 5.92. The molecule has 1 amide bonds. The molecule has 4 aliphatic rings. The standard InChI is InChI=1S/C33H51NO4/c1-6-21(12-15-30(37)34(4)23-10-8-7-9-11-23)25-13-14-26-31-27(20-29(38-5)33(25,26)3)32(2)17-16-24(35)18-22(32)19-28(31)36/h7-11,21-22,24-29,31,35-36H,6,12-20H2,1-5H3/t21-,22+,24-,25-,26+,27+,28-,29+,31+,32+,33-/m1/s1. The number of aliphatic hydroxyl groups is 2. The van der Waals surface area contributed by atoms with Gasteiger partial charge in [-0.1, -0.05) is 45.4 Å². The number of carbonyl (C=O) groups is 1. The SMILES string of the molecule is CC[C@H](CCC(=O)N(C)c1ccccc1)[C@H]1CC[C@H]2[C@@H]3[C@H](O)C[C@@H]4C[C@H](O)CC[C@]4(C)[C@H]3C[C@H](OC)[C@]12C. The van der Waals surface area contributed by atoms with Crippen LogP contribution in [-0.2, 0) is 9.53 Å². The van der Waals surface area contributed by atoms with Crippen LogP contribution in [0.3, 0.4) is 0 Å². The third-order valence-corrected chi connectivity index (χ3v) is 12.4. The number of benzene rings is 1. The molecule has 0 saturated heterocycles. The third-order valence-electron chi connectivity index (χ3n) is 12.4. The summed E-state index contributed by atoms with van der Waals surface area (Å²) in [6, 6.07) is 9.92. The number of aliphatic hydroxyl groups excluding tert-OH is 2. The number of rotatable bonds is 7. The van der Waals surface area contributed by atoms with Gasteiger partial charge in [0, 0.05) is 31.7 Å². The van der Waals surface area contributed by atoms with Gasteiger partial charge in [0.15, 0.2) is 0 Å². The highest BCUT2D eigenvalue weighted by atomic mass is 16.5. The average molecular weight is 526 g/mol. The monoisotopic (exact) mass is 525 g/mol. The number of methoxy groups -OCH3 is 1. The molecule has 1 aromatic rings. The van der Waals surface area contributed by atoms with E-state index in [9.17, 15) is 15.0 Å². The minimum Gasteiger partial charge on any atom is -0.393 e. The topological polar surface area (TPSA) is 70.0 Å². The van der Waals surface area contributed by atoms with E-state index < -0.39 is 0 Å². The van der Waals surface area contributed by atoms with Gasteiger partial charge in [-0.15, -0.1) is 0 Å². The summed E-state index contributed by atoms with van der Waals surface area (Å²) >= 11 is 0. The molecule has 0 unspecified atom stereocenters. The van der Waals surface area contributed by atoms with Crippen LogP contribution in [0, 0.1) is 46.3 Å². The zero-order valence-corrected chi connectivity index (χ0v) is 24.3. The highest BCUT2D eigenvalue weighted by Crippen LogP contribution is 2.69. The van der Waals surface area contributed by atoms with E-state index in [1.165, 1.54) is 0 Å². The largest absolute Gasteiger partial charge is 0.393 e. The van der Waals surface area contributed by atoms with Crippen molar-refractivity contribution < 1.29 is 19.7 Å². The Balaban J connectivity index is 1.35. The van der Waals surface area contributed by atoms with Crippen LogP contribution < -0.4 is 4.90 Å². The molecule has 2 N–H and O–H groups in total. The zero-order chi connectivity index (χ0) is 27.2. The predicted octanol–water partition coefficient (Wildman–Crippen LogP) is 6.07. The molecule has 4 saturated carbocycles. The molecular formula is C33H51NO4. The van der Waals surface area contributed by atoms with Gasteiger partial charge in [0.2, 0.25) is 5.91 Å². The molecule has 0 aliphatic heterocycles. The number of carbonyl (C=O) groups excluding carboxylic acids is 1. The van der Waals surface area contributed by atoms with Gasteiger partial charge in [-0.2, -0.15) is 0 Å². The Morgan fingerprint density at radius 1 is 1.08 bits per heavy atom. The Morgan fingerprint density at radius 3 is 2.50 bits per heavy atom. The van der Waals surface area contributed by atoms with Crippen molar-refractivity contribution in [3.63, 3.8) is 0 Å². The average Bonchev–Trinajstić information content (AvgIpc) is 3.27. The van der Waals surface area contributed by atoms with E-state index in [-0.39, 0.29) is 35.0 Å². The van der Waals surface area contributed by atoms with Crippen LogP contribution in [0.1, 0.15) is 85.0 Å². The number of anilines is 1. The third kappa shape index (κ3) is 4.55. The lowest BCUT2D eigenvalue weighted by Crippen LogP contribution is -2.62. The molecular weight excluding hydrogens is 474 g/mol. The van der Waals surface area contributed by atoms with Crippen LogP contribution in [0.4, 0.5) is 5.69 Å². The normalized spacial score (nSPS) is 43.0. The van der Waals surface area contributed by atoms with Crippen LogP contribution >= 0.6 is 0 Å². The molecule has 0 bridgehead atoms. The Hall–Kier alpha value is -1.43. The van der Waals surface area contributed by atoms with Gasteiger partial charge in [0.25, 0.3) is 0 Å². The fourth-order valence-corrected chi connectivity index (χ4v) is 10.3. The van der Waals surface area contributed by atoms with E-state index in [0.29, 0.717) is 41.9 Å². The van der Waals surface area contributed by atoms with Gasteiger partial charge in [-0.05, 0) is 104 Å². The van der Waals surface area contributed by atoms with E-state index in [1.807, 2.05) is 44.5 Å². The van der Waals surface area contributed by atoms with Gasteiger partial charge >= 0.3 is 0 Å². The second kappa shape index (κ2) is 10.9. The Labute approximate surface area is 230 Å². The molecule has 4 fully saturated rings. The lowest BCUT2D eigenvalue weighted by molar-refractivity contribution is -0.213. The molecule has 212 valence electrons. The molecule has 0 heterocycles. The molecule has 1 aromatic carbocycles. The molecule has 11 atom stereocenters. The van der Waals surface area contributed by atoms with Crippen molar-refractivity contribution in [2.75, 3.05) is 19.1 Å². The number of nitrogens with zero attached hydrogens (tertiary/aromatic N) is 1. The summed E-state index contributed by atoms with van der Waals surface area (Å²) in [4.78, 5) is 14.9. The molecule has 5 heteroatoms. The molecule has 0 aromatic heterocycles. The maximum atomic E-state index is 13.1. The first-order valence-corrected chi connectivity index (χ1v) is 15.4. The van der Waals surface area contributed by atoms with Crippen LogP contribution in [0.2, 0.25) is 0 Å². The first kappa shape index (κ1) is 28.1. The van der Waals surface area contributed by atoms with Crippen molar-refractivity contribution in [2.24, 2.45) is 46.3 Å². The number of para-hydroxylation sites is 1. The maximum absolute atomic E-state index is 13.1. The molecule has 4 aliphatic carbocycles. The minimum atomic E-state index is -0.287. The van der Waals surface area contributed by atoms with Gasteiger partial charge in [-0.25, -0.2) is 0 Å². The van der Waals surface area contributed by atoms with Crippen molar-refractivity contribution in [3.8, 4) is 0 Å². The van der Waals surface area contributed by atoms with Crippen LogP contribution in [-0.4, -0.2) is 48.6 Å². The van der Waals surface area contributed by atoms with Crippen LogP contribution in [0.15, 0.2) is 30.3 Å². The summed E-state index contributed by atoms with van der Waals surface area (Å²) in [5.41, 5.74) is 1.14. The van der Waals surface area contributed by atoms with Crippen molar-refractivity contribution in [3.05, 3.63) is 30.3 Å². The van der Waals surface area contributed by atoms with E-state index >= 15 is 0 Å². The number of fused-ring (bicyclic) bond motifs is 5. The van der Waals surface area contributed by atoms with Gasteiger partial charge < -0.3 is 19.8 Å². The Bertz CT molecular complexity index is 969. The summed E-state index contributed by atoms with van der Waals surface area (Å²) < 4.78 is 6.38. The highest BCUT2D eigenvalue weighted by Gasteiger charge is 2.66. The van der Waals surface area contributed by atoms with E-state index in [4.69, 9.17) is 4.74 Å². The van der Waals surface area contributed by atoms with Crippen molar-refractivity contribution in [1.29, 1.82) is 0 Å². The van der Waals surface area contributed by atoms with Crippen molar-refractivity contribution in [2.45, 2.75) is 103 Å². The second-order valence-electron chi connectivity index (χ2n) is 13.7. The smallest absolute Gasteiger partial charge is 0.226 e. The molecule has 38 heavy (non-hydrogen) atoms. The summed E-state index contributed by atoms with van der Waals surface area (Å²) in [6.45, 7) is 7.21. The quantitative estimate of drug-likeness (QED) is 0.453. The summed E-state index contributed by atoms with van der Waals surface area (Å²) in [5.74, 6) is 2.78. The van der Waals surface area contributed by atoms with Crippen molar-refractivity contribution in [1.82, 2.24) is 0 Å². The summed E-state index contributed by atoms with van der Waals surface area (Å²) in [7, 11) is 3.78. The second-order valence-corrected chi connectivity index (χ2v) is 13.7. The lowest BCUT2D eigenvalue weighted by atomic mass is 9.43. The Morgan fingerprint density at radius 2 is 1.82 bits per heavy atom. The Kier molecular flexibility index (Phi) is 8.03. The van der Waals surface area contributed by atoms with Gasteiger partial charge in [-0.3, -0.25) is 4.79 Å². The molecule has 0 radical (unpaired) electrons. The number of hydrogen-bond acceptors (Lipinski definition) is 4. The zero-order valence-electron chi connectivity index (χ0n) is 24.3.